The Morgan fingerprint density at radius 2 is 2.43 bits per heavy atom. The second kappa shape index (κ2) is 6.26. The lowest BCUT2D eigenvalue weighted by atomic mass is 9.76. The van der Waals surface area contributed by atoms with Crippen molar-refractivity contribution in [3.05, 3.63) is 18.2 Å². The third kappa shape index (κ3) is 3.81. The predicted octanol–water partition coefficient (Wildman–Crippen LogP) is 0.429. The minimum absolute atomic E-state index is 0.159. The standard InChI is InChI=1S/C14H22N4O3/c1-9-3-2-4-14(15,6-9)13(21)18-11(12(19)20)5-10-7-16-8-17-10/h7-9,11H,2-6,15H2,1H3,(H,16,17)(H,18,21)(H,19,20)/t9?,11-,14?/m1/s1. The number of carboxylic acids is 1. The number of carbonyl (C=O) groups excluding carboxylic acids is 1. The highest BCUT2D eigenvalue weighted by atomic mass is 16.4. The summed E-state index contributed by atoms with van der Waals surface area (Å²) in [6.45, 7) is 2.06. The van der Waals surface area contributed by atoms with Gasteiger partial charge in [0.2, 0.25) is 5.91 Å². The quantitative estimate of drug-likeness (QED) is 0.627. The zero-order valence-electron chi connectivity index (χ0n) is 12.1. The second-order valence-corrected chi connectivity index (χ2v) is 6.00. The molecule has 0 aliphatic heterocycles. The van der Waals surface area contributed by atoms with E-state index in [9.17, 15) is 14.7 Å². The van der Waals surface area contributed by atoms with Crippen molar-refractivity contribution in [1.82, 2.24) is 15.3 Å². The van der Waals surface area contributed by atoms with Crippen LogP contribution in [0.15, 0.2) is 12.5 Å². The molecular formula is C14H22N4O3. The number of aromatic nitrogens is 2. The maximum absolute atomic E-state index is 12.4. The summed E-state index contributed by atoms with van der Waals surface area (Å²) in [6, 6.07) is -1.00. The van der Waals surface area contributed by atoms with Gasteiger partial charge in [-0.25, -0.2) is 9.78 Å². The molecule has 21 heavy (non-hydrogen) atoms. The van der Waals surface area contributed by atoms with E-state index in [1.807, 2.05) is 0 Å². The molecule has 116 valence electrons. The number of hydrogen-bond acceptors (Lipinski definition) is 4. The molecular weight excluding hydrogens is 272 g/mol. The molecule has 1 saturated carbocycles. The lowest BCUT2D eigenvalue weighted by Gasteiger charge is -2.36. The van der Waals surface area contributed by atoms with Crippen molar-refractivity contribution in [3.8, 4) is 0 Å². The van der Waals surface area contributed by atoms with Crippen LogP contribution in [0.5, 0.6) is 0 Å². The Balaban J connectivity index is 2.02. The molecule has 0 bridgehead atoms. The van der Waals surface area contributed by atoms with Crippen LogP contribution >= 0.6 is 0 Å². The van der Waals surface area contributed by atoms with Gasteiger partial charge < -0.3 is 21.1 Å². The summed E-state index contributed by atoms with van der Waals surface area (Å²) < 4.78 is 0. The Hall–Kier alpha value is -1.89. The maximum Gasteiger partial charge on any atom is 0.326 e. The molecule has 0 aromatic carbocycles. The first-order chi connectivity index (χ1) is 9.90. The van der Waals surface area contributed by atoms with Crippen LogP contribution in [-0.4, -0.2) is 38.5 Å². The maximum atomic E-state index is 12.4. The first-order valence-electron chi connectivity index (χ1n) is 7.20. The molecule has 3 atom stereocenters. The molecule has 1 fully saturated rings. The number of nitrogens with one attached hydrogen (secondary N) is 2. The van der Waals surface area contributed by atoms with Crippen LogP contribution in [0.25, 0.3) is 0 Å². The van der Waals surface area contributed by atoms with Crippen molar-refractivity contribution in [2.24, 2.45) is 11.7 Å². The first kappa shape index (κ1) is 15.5. The Bertz CT molecular complexity index is 502. The summed E-state index contributed by atoms with van der Waals surface area (Å²) in [5.74, 6) is -1.07. The third-order valence-electron chi connectivity index (χ3n) is 4.07. The van der Waals surface area contributed by atoms with Crippen LogP contribution in [0.4, 0.5) is 0 Å². The smallest absolute Gasteiger partial charge is 0.326 e. The summed E-state index contributed by atoms with van der Waals surface area (Å²) in [5.41, 5.74) is 5.89. The van der Waals surface area contributed by atoms with E-state index in [1.165, 1.54) is 6.33 Å². The molecule has 5 N–H and O–H groups in total. The molecule has 0 saturated heterocycles. The topological polar surface area (TPSA) is 121 Å². The molecule has 1 heterocycles. The number of imidazole rings is 1. The van der Waals surface area contributed by atoms with Gasteiger partial charge in [-0.1, -0.05) is 19.8 Å². The molecule has 1 amide bonds. The summed E-state index contributed by atoms with van der Waals surface area (Å²) in [5, 5.41) is 11.8. The number of rotatable bonds is 5. The number of carboxylic acid groups (broad SMARTS) is 1. The molecule has 0 radical (unpaired) electrons. The number of amides is 1. The summed E-state index contributed by atoms with van der Waals surface area (Å²) in [7, 11) is 0. The number of nitrogens with zero attached hydrogens (tertiary/aromatic N) is 1. The zero-order valence-corrected chi connectivity index (χ0v) is 12.1. The average molecular weight is 294 g/mol. The number of aliphatic carboxylic acids is 1. The van der Waals surface area contributed by atoms with Crippen molar-refractivity contribution in [2.45, 2.75) is 50.6 Å². The van der Waals surface area contributed by atoms with E-state index in [0.29, 0.717) is 24.5 Å². The SMILES string of the molecule is CC1CCCC(N)(C(=O)N[C@H](Cc2cnc[nH]2)C(=O)O)C1. The lowest BCUT2D eigenvalue weighted by molar-refractivity contribution is -0.143. The third-order valence-corrected chi connectivity index (χ3v) is 4.07. The normalized spacial score (nSPS) is 27.0. The molecule has 1 aliphatic rings. The Morgan fingerprint density at radius 1 is 1.67 bits per heavy atom. The van der Waals surface area contributed by atoms with E-state index in [2.05, 4.69) is 22.2 Å². The van der Waals surface area contributed by atoms with E-state index >= 15 is 0 Å². The minimum Gasteiger partial charge on any atom is -0.480 e. The summed E-state index contributed by atoms with van der Waals surface area (Å²) in [6.07, 6.45) is 6.32. The van der Waals surface area contributed by atoms with E-state index in [1.54, 1.807) is 6.20 Å². The Labute approximate surface area is 123 Å². The largest absolute Gasteiger partial charge is 0.480 e. The monoisotopic (exact) mass is 294 g/mol. The van der Waals surface area contributed by atoms with Gasteiger partial charge in [-0.05, 0) is 18.8 Å². The molecule has 1 aromatic heterocycles. The fourth-order valence-corrected chi connectivity index (χ4v) is 2.92. The van der Waals surface area contributed by atoms with Crippen molar-refractivity contribution < 1.29 is 14.7 Å². The fraction of sp³-hybridized carbons (Fsp3) is 0.643. The van der Waals surface area contributed by atoms with Gasteiger partial charge >= 0.3 is 5.97 Å². The van der Waals surface area contributed by atoms with Crippen LogP contribution in [0.1, 0.15) is 38.3 Å². The van der Waals surface area contributed by atoms with Gasteiger partial charge in [0.15, 0.2) is 0 Å². The molecule has 7 heteroatoms. The molecule has 2 rings (SSSR count). The minimum atomic E-state index is -1.08. The van der Waals surface area contributed by atoms with Gasteiger partial charge in [-0.3, -0.25) is 4.79 Å². The van der Waals surface area contributed by atoms with Gasteiger partial charge in [0.25, 0.3) is 0 Å². The van der Waals surface area contributed by atoms with Crippen LogP contribution in [0.2, 0.25) is 0 Å². The van der Waals surface area contributed by atoms with Crippen molar-refractivity contribution in [3.63, 3.8) is 0 Å². The predicted molar refractivity (Wildman–Crippen MR) is 76.4 cm³/mol. The lowest BCUT2D eigenvalue weighted by Crippen LogP contribution is -2.59. The highest BCUT2D eigenvalue weighted by Crippen LogP contribution is 2.30. The van der Waals surface area contributed by atoms with Gasteiger partial charge in [0.05, 0.1) is 11.9 Å². The van der Waals surface area contributed by atoms with Crippen molar-refractivity contribution >= 4 is 11.9 Å². The van der Waals surface area contributed by atoms with Crippen molar-refractivity contribution in [2.75, 3.05) is 0 Å². The number of carbonyl (C=O) groups is 2. The Kier molecular flexibility index (Phi) is 4.62. The van der Waals surface area contributed by atoms with Crippen LogP contribution in [0.3, 0.4) is 0 Å². The van der Waals surface area contributed by atoms with Crippen LogP contribution < -0.4 is 11.1 Å². The number of hydrogen-bond donors (Lipinski definition) is 4. The highest BCUT2D eigenvalue weighted by molar-refractivity contribution is 5.90. The molecule has 1 aromatic rings. The highest BCUT2D eigenvalue weighted by Gasteiger charge is 2.39. The molecule has 1 aliphatic carbocycles. The van der Waals surface area contributed by atoms with E-state index in [4.69, 9.17) is 5.73 Å². The van der Waals surface area contributed by atoms with Crippen LogP contribution in [0, 0.1) is 5.92 Å². The van der Waals surface area contributed by atoms with E-state index in [-0.39, 0.29) is 12.3 Å². The van der Waals surface area contributed by atoms with Gasteiger partial charge in [0, 0.05) is 18.3 Å². The van der Waals surface area contributed by atoms with E-state index in [0.717, 1.165) is 12.8 Å². The molecule has 0 spiro atoms. The summed E-state index contributed by atoms with van der Waals surface area (Å²) >= 11 is 0. The van der Waals surface area contributed by atoms with Gasteiger partial charge in [0.1, 0.15) is 6.04 Å². The average Bonchev–Trinajstić information content (AvgIpc) is 2.90. The van der Waals surface area contributed by atoms with Gasteiger partial charge in [-0.2, -0.15) is 0 Å². The summed E-state index contributed by atoms with van der Waals surface area (Å²) in [4.78, 5) is 30.4. The molecule has 7 nitrogen and oxygen atoms in total. The van der Waals surface area contributed by atoms with Gasteiger partial charge in [-0.15, -0.1) is 0 Å². The number of aromatic amines is 1. The number of H-pyrrole nitrogens is 1. The second-order valence-electron chi connectivity index (χ2n) is 6.00. The fourth-order valence-electron chi connectivity index (χ4n) is 2.92. The first-order valence-corrected chi connectivity index (χ1v) is 7.20. The molecule has 2 unspecified atom stereocenters. The van der Waals surface area contributed by atoms with Crippen molar-refractivity contribution in [1.29, 1.82) is 0 Å². The zero-order chi connectivity index (χ0) is 15.5. The Morgan fingerprint density at radius 3 is 3.00 bits per heavy atom. The number of nitrogens with two attached hydrogens (primary N) is 1. The van der Waals surface area contributed by atoms with E-state index < -0.39 is 17.6 Å². The van der Waals surface area contributed by atoms with Crippen LogP contribution in [-0.2, 0) is 16.0 Å².